The van der Waals surface area contributed by atoms with Gasteiger partial charge in [-0.25, -0.2) is 4.98 Å². The lowest BCUT2D eigenvalue weighted by molar-refractivity contribution is -0.136. The van der Waals surface area contributed by atoms with Crippen LogP contribution in [0.25, 0.3) is 0 Å². The molecule has 12 nitrogen and oxygen atoms in total. The number of aromatic nitrogens is 1. The molecule has 0 bridgehead atoms. The van der Waals surface area contributed by atoms with Gasteiger partial charge in [-0.2, -0.15) is 0 Å². The molecule has 0 spiro atoms. The predicted octanol–water partition coefficient (Wildman–Crippen LogP) is 4.57. The summed E-state index contributed by atoms with van der Waals surface area (Å²) in [5.74, 6) is -0.103. The minimum atomic E-state index is -0.989. The number of ether oxygens (including phenoxy) is 1. The molecule has 3 aliphatic heterocycles. The summed E-state index contributed by atoms with van der Waals surface area (Å²) in [6, 6.07) is 8.74. The molecule has 1 aromatic carbocycles. The molecule has 2 saturated carbocycles. The van der Waals surface area contributed by atoms with Crippen molar-refractivity contribution in [3.8, 4) is 5.75 Å². The van der Waals surface area contributed by atoms with Crippen molar-refractivity contribution in [2.75, 3.05) is 24.5 Å². The number of hydrogen-bond acceptors (Lipinski definition) is 9. The molecule has 1 unspecified atom stereocenters. The van der Waals surface area contributed by atoms with Gasteiger partial charge >= 0.3 is 0 Å². The molecular weight excluding hydrogens is 660 g/mol. The fourth-order valence-electron chi connectivity index (χ4n) is 9.66. The lowest BCUT2D eigenvalue weighted by Gasteiger charge is -2.57. The smallest absolute Gasteiger partial charge is 0.262 e. The first-order valence-corrected chi connectivity index (χ1v) is 18.9. The topological polar surface area (TPSA) is 141 Å². The molecule has 1 atom stereocenters. The lowest BCUT2D eigenvalue weighted by atomic mass is 9.52. The Bertz CT molecular complexity index is 1740. The van der Waals surface area contributed by atoms with E-state index >= 15 is 0 Å². The van der Waals surface area contributed by atoms with Crippen LogP contribution in [-0.4, -0.2) is 94.2 Å². The van der Waals surface area contributed by atoms with Gasteiger partial charge in [-0.3, -0.25) is 39.1 Å². The van der Waals surface area contributed by atoms with Gasteiger partial charge in [-0.05, 0) is 86.6 Å². The zero-order chi connectivity index (χ0) is 37.1. The van der Waals surface area contributed by atoms with Crippen molar-refractivity contribution in [3.63, 3.8) is 0 Å². The third-order valence-corrected chi connectivity index (χ3v) is 12.1. The Morgan fingerprint density at radius 1 is 0.981 bits per heavy atom. The second kappa shape index (κ2) is 13.6. The summed E-state index contributed by atoms with van der Waals surface area (Å²) in [5.41, 5.74) is 1.27. The molecule has 2 aliphatic carbocycles. The van der Waals surface area contributed by atoms with Gasteiger partial charge in [0, 0.05) is 63.2 Å². The second-order valence-electron chi connectivity index (χ2n) is 17.2. The quantitative estimate of drug-likeness (QED) is 0.339. The van der Waals surface area contributed by atoms with Gasteiger partial charge in [0.2, 0.25) is 11.8 Å². The fourth-order valence-corrected chi connectivity index (χ4v) is 9.66. The van der Waals surface area contributed by atoms with E-state index in [4.69, 9.17) is 4.74 Å². The van der Waals surface area contributed by atoms with E-state index in [1.807, 2.05) is 12.1 Å². The van der Waals surface area contributed by atoms with Crippen molar-refractivity contribution >= 4 is 35.4 Å². The maximum absolute atomic E-state index is 13.2. The van der Waals surface area contributed by atoms with E-state index in [9.17, 15) is 24.0 Å². The summed E-state index contributed by atoms with van der Waals surface area (Å²) in [6.07, 6.45) is 6.91. The summed E-state index contributed by atoms with van der Waals surface area (Å²) in [5, 5.41) is 5.48. The number of anilines is 1. The van der Waals surface area contributed by atoms with E-state index in [0.29, 0.717) is 29.3 Å². The minimum absolute atomic E-state index is 0.00687. The normalized spacial score (nSPS) is 25.9. The van der Waals surface area contributed by atoms with Gasteiger partial charge in [0.1, 0.15) is 23.7 Å². The van der Waals surface area contributed by atoms with E-state index in [1.54, 1.807) is 24.4 Å². The fraction of sp³-hybridized carbons (Fsp3) is 0.600. The van der Waals surface area contributed by atoms with E-state index in [-0.39, 0.29) is 52.9 Å². The maximum atomic E-state index is 13.2. The SMILES string of the molecule is CC(C)N(CC1CCN(c2ccc(C(=O)NC3C(C)(C)CC3(C)C)cn2)CC1)[C@H]1C[C@@H](Oc2ccc3c(c2)C(=O)N(C2CCC(=O)NC2=O)C3=O)C1. The maximum Gasteiger partial charge on any atom is 0.262 e. The highest BCUT2D eigenvalue weighted by Crippen LogP contribution is 2.53. The number of amides is 5. The van der Waals surface area contributed by atoms with Gasteiger partial charge in [-0.1, -0.05) is 27.7 Å². The van der Waals surface area contributed by atoms with Crippen LogP contribution in [0.15, 0.2) is 36.5 Å². The molecule has 12 heteroatoms. The number of benzene rings is 1. The Labute approximate surface area is 306 Å². The molecule has 0 radical (unpaired) electrons. The van der Waals surface area contributed by atoms with Crippen LogP contribution in [0, 0.1) is 16.7 Å². The monoisotopic (exact) mass is 712 g/mol. The first-order valence-electron chi connectivity index (χ1n) is 18.9. The number of carbonyl (C=O) groups is 5. The molecule has 7 rings (SSSR count). The van der Waals surface area contributed by atoms with Crippen LogP contribution in [0.2, 0.25) is 0 Å². The summed E-state index contributed by atoms with van der Waals surface area (Å²) >= 11 is 0. The number of pyridine rings is 1. The molecule has 5 amide bonds. The molecule has 4 fully saturated rings. The van der Waals surface area contributed by atoms with Gasteiger partial charge in [-0.15, -0.1) is 0 Å². The van der Waals surface area contributed by atoms with E-state index < -0.39 is 29.7 Å². The first kappa shape index (κ1) is 36.1. The summed E-state index contributed by atoms with van der Waals surface area (Å²) in [6.45, 7) is 16.2. The molecule has 5 aliphatic rings. The van der Waals surface area contributed by atoms with E-state index in [2.05, 4.69) is 67.0 Å². The zero-order valence-electron chi connectivity index (χ0n) is 31.2. The van der Waals surface area contributed by atoms with Crippen molar-refractivity contribution < 1.29 is 28.7 Å². The highest BCUT2D eigenvalue weighted by molar-refractivity contribution is 6.23. The van der Waals surface area contributed by atoms with Gasteiger partial charge in [0.15, 0.2) is 0 Å². The number of fused-ring (bicyclic) bond motifs is 1. The van der Waals surface area contributed by atoms with Gasteiger partial charge < -0.3 is 15.0 Å². The van der Waals surface area contributed by atoms with Crippen molar-refractivity contribution in [1.82, 2.24) is 25.4 Å². The summed E-state index contributed by atoms with van der Waals surface area (Å²) < 4.78 is 6.29. The Morgan fingerprint density at radius 3 is 2.29 bits per heavy atom. The van der Waals surface area contributed by atoms with Crippen LogP contribution in [0.4, 0.5) is 5.82 Å². The minimum Gasteiger partial charge on any atom is -0.490 e. The molecular formula is C40H52N6O6. The molecule has 2 saturated heterocycles. The van der Waals surface area contributed by atoms with E-state index in [1.165, 1.54) is 0 Å². The van der Waals surface area contributed by atoms with Crippen LogP contribution in [0.3, 0.4) is 0 Å². The standard InChI is InChI=1S/C40H52N6O6/c1-23(2)45(21-24-13-15-44(16-14-24)32-11-7-25(20-41-32)34(48)43-38-39(3,4)22-40(38,5)6)26-17-28(18-26)52-27-8-9-29-30(19-27)37(51)46(36(29)50)31-10-12-33(47)42-35(31)49/h7-9,11,19-20,23-24,26,28,31,38H,10,12-18,21-22H2,1-6H3,(H,43,48)(H,42,47,49)/t26-,28+,31?. The third kappa shape index (κ3) is 6.81. The first-order chi connectivity index (χ1) is 24.6. The lowest BCUT2D eigenvalue weighted by Crippen LogP contribution is -2.63. The second-order valence-corrected chi connectivity index (χ2v) is 17.2. The molecule has 4 heterocycles. The Hall–Kier alpha value is -4.32. The number of piperidine rings is 2. The molecule has 2 aromatic rings. The van der Waals surface area contributed by atoms with Crippen molar-refractivity contribution in [3.05, 3.63) is 53.2 Å². The van der Waals surface area contributed by atoms with Crippen LogP contribution in [0.5, 0.6) is 5.75 Å². The highest BCUT2D eigenvalue weighted by atomic mass is 16.5. The Kier molecular flexibility index (Phi) is 9.42. The molecule has 278 valence electrons. The van der Waals surface area contributed by atoms with Crippen LogP contribution in [-0.2, 0) is 9.59 Å². The Morgan fingerprint density at radius 2 is 1.67 bits per heavy atom. The number of carbonyl (C=O) groups excluding carboxylic acids is 5. The number of nitrogens with zero attached hydrogens (tertiary/aromatic N) is 4. The van der Waals surface area contributed by atoms with Crippen LogP contribution >= 0.6 is 0 Å². The average Bonchev–Trinajstić information content (AvgIpc) is 3.32. The average molecular weight is 713 g/mol. The van der Waals surface area contributed by atoms with Crippen LogP contribution < -0.4 is 20.3 Å². The predicted molar refractivity (Wildman–Crippen MR) is 195 cm³/mol. The number of rotatable bonds is 10. The largest absolute Gasteiger partial charge is 0.490 e. The van der Waals surface area contributed by atoms with Crippen LogP contribution in [0.1, 0.15) is 118 Å². The number of nitrogens with one attached hydrogen (secondary N) is 2. The zero-order valence-corrected chi connectivity index (χ0v) is 31.2. The van der Waals surface area contributed by atoms with Gasteiger partial charge in [0.25, 0.3) is 17.7 Å². The Balaban J connectivity index is 0.880. The van der Waals surface area contributed by atoms with E-state index in [0.717, 1.165) is 62.5 Å². The molecule has 52 heavy (non-hydrogen) atoms. The summed E-state index contributed by atoms with van der Waals surface area (Å²) in [4.78, 5) is 73.9. The number of hydrogen-bond donors (Lipinski definition) is 2. The van der Waals surface area contributed by atoms with Crippen molar-refractivity contribution in [2.24, 2.45) is 16.7 Å². The van der Waals surface area contributed by atoms with Gasteiger partial charge in [0.05, 0.1) is 16.7 Å². The molecule has 2 N–H and O–H groups in total. The molecule has 1 aromatic heterocycles. The highest BCUT2D eigenvalue weighted by Gasteiger charge is 2.53. The third-order valence-electron chi connectivity index (χ3n) is 12.1. The van der Waals surface area contributed by atoms with Crippen molar-refractivity contribution in [1.29, 1.82) is 0 Å². The summed E-state index contributed by atoms with van der Waals surface area (Å²) in [7, 11) is 0. The number of imide groups is 2. The van der Waals surface area contributed by atoms with Crippen molar-refractivity contribution in [2.45, 2.75) is 117 Å².